The van der Waals surface area contributed by atoms with E-state index in [1.54, 1.807) is 0 Å². The van der Waals surface area contributed by atoms with Crippen molar-refractivity contribution in [2.24, 2.45) is 5.92 Å². The van der Waals surface area contributed by atoms with Gasteiger partial charge in [0.1, 0.15) is 5.60 Å². The van der Waals surface area contributed by atoms with Crippen LogP contribution in [0, 0.1) is 5.92 Å². The van der Waals surface area contributed by atoms with E-state index in [9.17, 15) is 5.11 Å². The predicted molar refractivity (Wildman–Crippen MR) is 136 cm³/mol. The van der Waals surface area contributed by atoms with Gasteiger partial charge in [-0.05, 0) is 59.7 Å². The summed E-state index contributed by atoms with van der Waals surface area (Å²) in [5.41, 5.74) is 4.89. The zero-order valence-corrected chi connectivity index (χ0v) is 19.0. The molecule has 1 fully saturated rings. The Bertz CT molecular complexity index is 1090. The van der Waals surface area contributed by atoms with E-state index < -0.39 is 5.60 Å². The van der Waals surface area contributed by atoms with Crippen molar-refractivity contribution in [2.45, 2.75) is 25.0 Å². The van der Waals surface area contributed by atoms with Gasteiger partial charge >= 0.3 is 0 Å². The van der Waals surface area contributed by atoms with E-state index in [0.29, 0.717) is 0 Å². The van der Waals surface area contributed by atoms with E-state index in [4.69, 9.17) is 0 Å². The number of aliphatic hydroxyl groups is 1. The van der Waals surface area contributed by atoms with E-state index >= 15 is 0 Å². The highest BCUT2D eigenvalue weighted by atomic mass is 16.3. The minimum atomic E-state index is -0.952. The van der Waals surface area contributed by atoms with Crippen LogP contribution in [0.4, 0.5) is 0 Å². The molecule has 0 unspecified atom stereocenters. The fourth-order valence-electron chi connectivity index (χ4n) is 5.22. The lowest BCUT2D eigenvalue weighted by Gasteiger charge is -2.42. The first-order chi connectivity index (χ1) is 16.2. The fourth-order valence-corrected chi connectivity index (χ4v) is 5.22. The molecule has 4 aromatic rings. The van der Waals surface area contributed by atoms with E-state index in [0.717, 1.165) is 43.6 Å². The van der Waals surface area contributed by atoms with Crippen LogP contribution < -0.4 is 0 Å². The quantitative estimate of drug-likeness (QED) is 0.375. The minimum Gasteiger partial charge on any atom is -0.380 e. The molecule has 4 aromatic carbocycles. The molecular formula is C31H31NO. The third-order valence-corrected chi connectivity index (χ3v) is 7.07. The van der Waals surface area contributed by atoms with Crippen molar-refractivity contribution in [2.75, 3.05) is 13.1 Å². The van der Waals surface area contributed by atoms with Crippen molar-refractivity contribution in [1.82, 2.24) is 4.90 Å². The maximum absolute atomic E-state index is 12.1. The number of hydrogen-bond acceptors (Lipinski definition) is 2. The van der Waals surface area contributed by atoms with Crippen LogP contribution in [0.2, 0.25) is 0 Å². The average molecular weight is 434 g/mol. The SMILES string of the molecule is OC(c1ccccc1)(c1ccccc1)C1CCN(Cc2ccc(-c3ccccc3)cc2)CC1. The van der Waals surface area contributed by atoms with E-state index in [-0.39, 0.29) is 5.92 Å². The first-order valence-electron chi connectivity index (χ1n) is 11.9. The van der Waals surface area contributed by atoms with Gasteiger partial charge in [-0.1, -0.05) is 115 Å². The summed E-state index contributed by atoms with van der Waals surface area (Å²) in [6, 6.07) is 39.9. The van der Waals surface area contributed by atoms with Crippen LogP contribution in [-0.2, 0) is 12.1 Å². The Morgan fingerprint density at radius 1 is 0.606 bits per heavy atom. The second kappa shape index (κ2) is 9.74. The molecule has 2 heteroatoms. The lowest BCUT2D eigenvalue weighted by Crippen LogP contribution is -2.44. The van der Waals surface area contributed by atoms with Crippen molar-refractivity contribution < 1.29 is 5.11 Å². The zero-order chi connectivity index (χ0) is 22.5. The van der Waals surface area contributed by atoms with Crippen LogP contribution in [-0.4, -0.2) is 23.1 Å². The Morgan fingerprint density at radius 3 is 1.58 bits per heavy atom. The van der Waals surface area contributed by atoms with Crippen LogP contribution in [0.15, 0.2) is 115 Å². The van der Waals surface area contributed by atoms with Crippen molar-refractivity contribution >= 4 is 0 Å². The van der Waals surface area contributed by atoms with Crippen LogP contribution in [0.25, 0.3) is 11.1 Å². The van der Waals surface area contributed by atoms with Gasteiger partial charge in [0.15, 0.2) is 0 Å². The molecule has 1 N–H and O–H groups in total. The predicted octanol–water partition coefficient (Wildman–Crippen LogP) is 6.50. The summed E-state index contributed by atoms with van der Waals surface area (Å²) in [6.07, 6.45) is 1.95. The third-order valence-electron chi connectivity index (χ3n) is 7.07. The molecule has 0 spiro atoms. The summed E-state index contributed by atoms with van der Waals surface area (Å²) < 4.78 is 0. The van der Waals surface area contributed by atoms with E-state index in [2.05, 4.69) is 83.8 Å². The number of hydrogen-bond donors (Lipinski definition) is 1. The second-order valence-corrected chi connectivity index (χ2v) is 9.11. The summed E-state index contributed by atoms with van der Waals surface area (Å²) in [7, 11) is 0. The minimum absolute atomic E-state index is 0.194. The molecular weight excluding hydrogens is 402 g/mol. The van der Waals surface area contributed by atoms with E-state index in [1.807, 2.05) is 36.4 Å². The maximum atomic E-state index is 12.1. The van der Waals surface area contributed by atoms with Gasteiger partial charge in [0.25, 0.3) is 0 Å². The summed E-state index contributed by atoms with van der Waals surface area (Å²) in [6.45, 7) is 2.94. The number of piperidine rings is 1. The van der Waals surface area contributed by atoms with Crippen molar-refractivity contribution in [3.05, 3.63) is 132 Å². The van der Waals surface area contributed by atoms with Gasteiger partial charge in [0, 0.05) is 6.54 Å². The highest BCUT2D eigenvalue weighted by Crippen LogP contribution is 2.42. The van der Waals surface area contributed by atoms with Gasteiger partial charge in [-0.2, -0.15) is 0 Å². The molecule has 166 valence electrons. The Labute approximate surface area is 197 Å². The molecule has 2 nitrogen and oxygen atoms in total. The molecule has 0 saturated carbocycles. The molecule has 0 amide bonds. The van der Waals surface area contributed by atoms with E-state index in [1.165, 1.54) is 16.7 Å². The van der Waals surface area contributed by atoms with Crippen molar-refractivity contribution in [1.29, 1.82) is 0 Å². The molecule has 1 heterocycles. The molecule has 33 heavy (non-hydrogen) atoms. The molecule has 0 aliphatic carbocycles. The van der Waals surface area contributed by atoms with Crippen molar-refractivity contribution in [3.63, 3.8) is 0 Å². The topological polar surface area (TPSA) is 23.5 Å². The second-order valence-electron chi connectivity index (χ2n) is 9.11. The van der Waals surface area contributed by atoms with Gasteiger partial charge in [-0.15, -0.1) is 0 Å². The number of nitrogens with zero attached hydrogens (tertiary/aromatic N) is 1. The number of benzene rings is 4. The zero-order valence-electron chi connectivity index (χ0n) is 19.0. The van der Waals surface area contributed by atoms with Crippen LogP contribution >= 0.6 is 0 Å². The molecule has 0 radical (unpaired) electrons. The first-order valence-corrected chi connectivity index (χ1v) is 11.9. The van der Waals surface area contributed by atoms with Gasteiger partial charge in [-0.25, -0.2) is 0 Å². The molecule has 5 rings (SSSR count). The monoisotopic (exact) mass is 433 g/mol. The highest BCUT2D eigenvalue weighted by Gasteiger charge is 2.41. The Balaban J connectivity index is 1.28. The van der Waals surface area contributed by atoms with Crippen LogP contribution in [0.5, 0.6) is 0 Å². The third kappa shape index (κ3) is 4.64. The smallest absolute Gasteiger partial charge is 0.117 e. The molecule has 1 aliphatic heterocycles. The Hall–Kier alpha value is -3.20. The molecule has 0 bridgehead atoms. The average Bonchev–Trinajstić information content (AvgIpc) is 2.91. The molecule has 1 aliphatic rings. The summed E-state index contributed by atoms with van der Waals surface area (Å²) in [4.78, 5) is 2.52. The van der Waals surface area contributed by atoms with Crippen LogP contribution in [0.1, 0.15) is 29.5 Å². The van der Waals surface area contributed by atoms with Crippen molar-refractivity contribution in [3.8, 4) is 11.1 Å². The Morgan fingerprint density at radius 2 is 1.06 bits per heavy atom. The van der Waals surface area contributed by atoms with Crippen LogP contribution in [0.3, 0.4) is 0 Å². The summed E-state index contributed by atoms with van der Waals surface area (Å²) in [5.74, 6) is 0.194. The first kappa shape index (κ1) is 21.6. The summed E-state index contributed by atoms with van der Waals surface area (Å²) >= 11 is 0. The lowest BCUT2D eigenvalue weighted by molar-refractivity contribution is -0.0152. The molecule has 0 aromatic heterocycles. The number of likely N-dealkylation sites (tertiary alicyclic amines) is 1. The normalized spacial score (nSPS) is 15.4. The number of rotatable bonds is 6. The molecule has 1 saturated heterocycles. The fraction of sp³-hybridized carbons (Fsp3) is 0.226. The van der Waals surface area contributed by atoms with Gasteiger partial charge in [0.2, 0.25) is 0 Å². The molecule has 0 atom stereocenters. The summed E-state index contributed by atoms with van der Waals surface area (Å²) in [5, 5.41) is 12.1. The lowest BCUT2D eigenvalue weighted by atomic mass is 9.72. The standard InChI is InChI=1S/C31H31NO/c33-31(28-12-6-2-7-13-28,29-14-8-3-9-15-29)30-20-22-32(23-21-30)24-25-16-18-27(19-17-25)26-10-4-1-5-11-26/h1-19,30,33H,20-24H2. The van der Waals surface area contributed by atoms with Gasteiger partial charge in [-0.3, -0.25) is 4.90 Å². The largest absolute Gasteiger partial charge is 0.380 e. The Kier molecular flexibility index (Phi) is 6.39. The highest BCUT2D eigenvalue weighted by molar-refractivity contribution is 5.63. The maximum Gasteiger partial charge on any atom is 0.117 e. The van der Waals surface area contributed by atoms with Gasteiger partial charge < -0.3 is 5.11 Å². The van der Waals surface area contributed by atoms with Gasteiger partial charge in [0.05, 0.1) is 0 Å².